The van der Waals surface area contributed by atoms with Crippen molar-refractivity contribution in [3.63, 3.8) is 0 Å². The summed E-state index contributed by atoms with van der Waals surface area (Å²) in [5.74, 6) is -0.896. The van der Waals surface area contributed by atoms with E-state index in [2.05, 4.69) is 26.1 Å². The summed E-state index contributed by atoms with van der Waals surface area (Å²) in [5, 5.41) is 34.0. The summed E-state index contributed by atoms with van der Waals surface area (Å²) in [4.78, 5) is 24.9. The average molecular weight is 449 g/mol. The Balaban J connectivity index is 1.76. The van der Waals surface area contributed by atoms with E-state index >= 15 is 0 Å². The Labute approximate surface area is 182 Å². The molecule has 0 aliphatic heterocycles. The molecule has 1 saturated carbocycles. The monoisotopic (exact) mass is 448 g/mol. The van der Waals surface area contributed by atoms with Gasteiger partial charge in [0.25, 0.3) is 5.91 Å². The molecule has 1 aliphatic rings. The maximum Gasteiger partial charge on any atom is 0.381 e. The van der Waals surface area contributed by atoms with Crippen molar-refractivity contribution in [1.82, 2.24) is 10.2 Å². The van der Waals surface area contributed by atoms with Crippen LogP contribution in [-0.2, 0) is 0 Å². The number of rotatable bonds is 9. The van der Waals surface area contributed by atoms with Gasteiger partial charge in [0.2, 0.25) is 16.0 Å². The summed E-state index contributed by atoms with van der Waals surface area (Å²) in [7, 11) is 1.34. The number of aromatic nitrogens is 2. The van der Waals surface area contributed by atoms with E-state index in [4.69, 9.17) is 14.6 Å². The molecule has 31 heavy (non-hydrogen) atoms. The van der Waals surface area contributed by atoms with E-state index in [1.54, 1.807) is 13.0 Å². The number of aliphatic hydroxyl groups excluding tert-OH is 1. The van der Waals surface area contributed by atoms with Crippen molar-refractivity contribution in [3.8, 4) is 5.75 Å². The van der Waals surface area contributed by atoms with Gasteiger partial charge >= 0.3 is 5.63 Å². The number of hydrogen-bond donors (Lipinski definition) is 5. The van der Waals surface area contributed by atoms with Gasteiger partial charge in [-0.25, -0.2) is 4.79 Å². The number of nitrogens with zero attached hydrogens (tertiary/aromatic N) is 2. The van der Waals surface area contributed by atoms with Crippen molar-refractivity contribution >= 4 is 39.4 Å². The smallest absolute Gasteiger partial charge is 0.381 e. The Morgan fingerprint density at radius 2 is 2.10 bits per heavy atom. The van der Waals surface area contributed by atoms with E-state index in [9.17, 15) is 14.7 Å². The second-order valence-corrected chi connectivity index (χ2v) is 8.07. The Bertz CT molecular complexity index is 1050. The molecule has 2 aromatic heterocycles. The van der Waals surface area contributed by atoms with Gasteiger partial charge in [0.05, 0.1) is 18.9 Å². The summed E-state index contributed by atoms with van der Waals surface area (Å²) < 4.78 is 10.2. The SMILES string of the molecule is COc1c(NC(C)[C@@H]2CC[C@@H]2O)cc(C(=O)Nc2nnc(N/C(C)=C\C=N)s2)oc1=O. The fourth-order valence-electron chi connectivity index (χ4n) is 3.16. The number of carbonyl (C=O) groups is 1. The Hall–Kier alpha value is -3.25. The second-order valence-electron chi connectivity index (χ2n) is 7.09. The zero-order chi connectivity index (χ0) is 22.5. The van der Waals surface area contributed by atoms with Gasteiger partial charge in [-0.2, -0.15) is 0 Å². The summed E-state index contributed by atoms with van der Waals surface area (Å²) in [5.41, 5.74) is 0.195. The molecule has 1 aliphatic carbocycles. The van der Waals surface area contributed by atoms with E-state index in [0.29, 0.717) is 16.5 Å². The number of carbonyl (C=O) groups excluding carboxylic acids is 1. The average Bonchev–Trinajstić information content (AvgIpc) is 3.13. The lowest BCUT2D eigenvalue weighted by Crippen LogP contribution is -2.42. The van der Waals surface area contributed by atoms with Gasteiger partial charge in [-0.1, -0.05) is 11.3 Å². The van der Waals surface area contributed by atoms with Crippen LogP contribution in [0, 0.1) is 11.3 Å². The van der Waals surface area contributed by atoms with Gasteiger partial charge in [-0.15, -0.1) is 10.2 Å². The van der Waals surface area contributed by atoms with Gasteiger partial charge in [0.1, 0.15) is 0 Å². The van der Waals surface area contributed by atoms with Crippen LogP contribution in [0.1, 0.15) is 37.2 Å². The Morgan fingerprint density at radius 1 is 1.39 bits per heavy atom. The number of allylic oxidation sites excluding steroid dienone is 2. The molecular formula is C19H24N6O5S. The molecular weight excluding hydrogens is 424 g/mol. The molecule has 3 rings (SSSR count). The highest BCUT2D eigenvalue weighted by Crippen LogP contribution is 2.33. The van der Waals surface area contributed by atoms with Crippen LogP contribution >= 0.6 is 11.3 Å². The van der Waals surface area contributed by atoms with E-state index in [0.717, 1.165) is 30.4 Å². The van der Waals surface area contributed by atoms with Crippen molar-refractivity contribution in [2.24, 2.45) is 5.92 Å². The van der Waals surface area contributed by atoms with Gasteiger partial charge in [0, 0.05) is 29.9 Å². The number of amides is 1. The molecule has 0 aromatic carbocycles. The van der Waals surface area contributed by atoms with Crippen LogP contribution in [0.2, 0.25) is 0 Å². The Morgan fingerprint density at radius 3 is 2.68 bits per heavy atom. The normalized spacial score (nSPS) is 19.2. The van der Waals surface area contributed by atoms with Crippen LogP contribution < -0.4 is 26.3 Å². The lowest BCUT2D eigenvalue weighted by molar-refractivity contribution is 0.0165. The molecule has 0 spiro atoms. The number of methoxy groups -OCH3 is 1. The van der Waals surface area contributed by atoms with Gasteiger partial charge in [-0.05, 0) is 32.8 Å². The van der Waals surface area contributed by atoms with Gasteiger partial charge in [-0.3, -0.25) is 10.1 Å². The van der Waals surface area contributed by atoms with Crippen LogP contribution in [0.15, 0.2) is 27.1 Å². The lowest BCUT2D eigenvalue weighted by Gasteiger charge is -2.37. The first kappa shape index (κ1) is 22.4. The third-order valence-electron chi connectivity index (χ3n) is 4.93. The van der Waals surface area contributed by atoms with Crippen molar-refractivity contribution < 1.29 is 19.1 Å². The molecule has 3 atom stereocenters. The molecule has 1 amide bonds. The maximum absolute atomic E-state index is 12.6. The third kappa shape index (κ3) is 5.27. The van der Waals surface area contributed by atoms with E-state index in [1.807, 2.05) is 6.92 Å². The molecule has 166 valence electrons. The largest absolute Gasteiger partial charge is 0.488 e. The highest BCUT2D eigenvalue weighted by atomic mass is 32.1. The van der Waals surface area contributed by atoms with Crippen LogP contribution in [0.4, 0.5) is 16.0 Å². The van der Waals surface area contributed by atoms with Crippen LogP contribution in [0.25, 0.3) is 0 Å². The van der Waals surface area contributed by atoms with E-state index in [1.165, 1.54) is 13.2 Å². The molecule has 1 unspecified atom stereocenters. The predicted molar refractivity (Wildman–Crippen MR) is 117 cm³/mol. The van der Waals surface area contributed by atoms with E-state index in [-0.39, 0.29) is 28.6 Å². The number of anilines is 3. The van der Waals surface area contributed by atoms with Crippen molar-refractivity contribution in [2.75, 3.05) is 23.1 Å². The molecule has 12 heteroatoms. The van der Waals surface area contributed by atoms with E-state index < -0.39 is 17.6 Å². The number of aliphatic hydroxyl groups is 1. The number of hydrogen-bond acceptors (Lipinski definition) is 11. The fraction of sp³-hybridized carbons (Fsp3) is 0.421. The minimum absolute atomic E-state index is 0.0479. The summed E-state index contributed by atoms with van der Waals surface area (Å²) in [6, 6.07) is 1.25. The first-order valence-electron chi connectivity index (χ1n) is 9.58. The molecule has 2 aromatic rings. The minimum atomic E-state index is -0.800. The molecule has 11 nitrogen and oxygen atoms in total. The Kier molecular flexibility index (Phi) is 7.02. The van der Waals surface area contributed by atoms with Crippen molar-refractivity contribution in [3.05, 3.63) is 34.0 Å². The summed E-state index contributed by atoms with van der Waals surface area (Å²) >= 11 is 1.08. The molecule has 0 bridgehead atoms. The molecule has 1 fully saturated rings. The summed E-state index contributed by atoms with van der Waals surface area (Å²) in [6.45, 7) is 3.65. The number of ether oxygens (including phenoxy) is 1. The van der Waals surface area contributed by atoms with Crippen LogP contribution in [0.3, 0.4) is 0 Å². The quantitative estimate of drug-likeness (QED) is 0.362. The highest BCUT2D eigenvalue weighted by molar-refractivity contribution is 7.19. The standard InChI is InChI=1S/C19H24N6O5S/c1-9(6-7-20)21-18-24-25-19(31-18)23-16(27)14-8-12(15(29-3)17(28)30-14)22-10(2)11-4-5-13(11)26/h6-8,10-11,13,20,22,26H,4-5H2,1-3H3,(H,21,24)(H,23,25,27)/b9-6-,20-7?/t10?,11-,13-/m0/s1. The summed E-state index contributed by atoms with van der Waals surface area (Å²) in [6.07, 6.45) is 3.90. The third-order valence-corrected chi connectivity index (χ3v) is 5.69. The maximum atomic E-state index is 12.6. The van der Waals surface area contributed by atoms with Gasteiger partial charge < -0.3 is 30.3 Å². The first-order valence-corrected chi connectivity index (χ1v) is 10.4. The van der Waals surface area contributed by atoms with Crippen molar-refractivity contribution in [2.45, 2.75) is 38.8 Å². The number of nitrogens with one attached hydrogen (secondary N) is 4. The molecule has 5 N–H and O–H groups in total. The molecule has 0 saturated heterocycles. The van der Waals surface area contributed by atoms with Crippen LogP contribution in [-0.4, -0.2) is 46.7 Å². The molecule has 2 heterocycles. The molecule has 0 radical (unpaired) electrons. The zero-order valence-electron chi connectivity index (χ0n) is 17.3. The topological polar surface area (TPSA) is 162 Å². The minimum Gasteiger partial charge on any atom is -0.488 e. The zero-order valence-corrected chi connectivity index (χ0v) is 18.1. The first-order chi connectivity index (χ1) is 14.8. The predicted octanol–water partition coefficient (Wildman–Crippen LogP) is 2.29. The lowest BCUT2D eigenvalue weighted by atomic mass is 9.77. The van der Waals surface area contributed by atoms with Crippen molar-refractivity contribution in [1.29, 1.82) is 5.41 Å². The highest BCUT2D eigenvalue weighted by Gasteiger charge is 2.34. The van der Waals surface area contributed by atoms with Gasteiger partial charge in [0.15, 0.2) is 5.76 Å². The fourth-order valence-corrected chi connectivity index (χ4v) is 3.86. The van der Waals surface area contributed by atoms with Crippen LogP contribution in [0.5, 0.6) is 5.75 Å². The second kappa shape index (κ2) is 9.71.